The van der Waals surface area contributed by atoms with Gasteiger partial charge in [-0.25, -0.2) is 0 Å². The van der Waals surface area contributed by atoms with Crippen LogP contribution < -0.4 is 10.6 Å². The molecule has 0 fully saturated rings. The molecule has 0 radical (unpaired) electrons. The van der Waals surface area contributed by atoms with Crippen LogP contribution in [0.2, 0.25) is 0 Å². The highest BCUT2D eigenvalue weighted by atomic mass is 31.2. The summed E-state index contributed by atoms with van der Waals surface area (Å²) in [5, 5.41) is 1.33. The second-order valence-electron chi connectivity index (χ2n) is 6.72. The van der Waals surface area contributed by atoms with Crippen molar-refractivity contribution in [3.8, 4) is 11.1 Å². The van der Waals surface area contributed by atoms with E-state index < -0.39 is 7.14 Å². The average Bonchev–Trinajstić information content (AvgIpc) is 2.85. The minimum absolute atomic E-state index is 0.250. The first-order valence-corrected chi connectivity index (χ1v) is 10.1. The zero-order chi connectivity index (χ0) is 17.8. The topological polar surface area (TPSA) is 34.1 Å². The minimum Gasteiger partial charge on any atom is -0.305 e. The Bertz CT molecular complexity index is 1010. The molecule has 1 aliphatic heterocycles. The van der Waals surface area contributed by atoms with Gasteiger partial charge in [0.2, 0.25) is 12.7 Å². The summed E-state index contributed by atoms with van der Waals surface area (Å²) in [6.07, 6.45) is 0. The van der Waals surface area contributed by atoms with Crippen LogP contribution >= 0.6 is 7.14 Å². The van der Waals surface area contributed by atoms with Crippen molar-refractivity contribution >= 4 is 23.3 Å². The van der Waals surface area contributed by atoms with Crippen molar-refractivity contribution in [2.75, 3.05) is 0 Å². The summed E-state index contributed by atoms with van der Waals surface area (Å²) in [7, 11) is -3.37. The van der Waals surface area contributed by atoms with E-state index in [4.69, 9.17) is 0 Å². The van der Waals surface area contributed by atoms with Crippen LogP contribution in [-0.4, -0.2) is 5.52 Å². The number of benzene rings is 3. The molecular weight excluding hydrogens is 327 g/mol. The Morgan fingerprint density at radius 3 is 1.68 bits per heavy atom. The van der Waals surface area contributed by atoms with E-state index in [9.17, 15) is 9.36 Å². The molecular formula is C22H19O2P. The van der Waals surface area contributed by atoms with Crippen molar-refractivity contribution < 1.29 is 9.36 Å². The lowest BCUT2D eigenvalue weighted by molar-refractivity contribution is 0.107. The van der Waals surface area contributed by atoms with Gasteiger partial charge in [-0.3, -0.25) is 4.79 Å². The van der Waals surface area contributed by atoms with E-state index in [1.807, 2.05) is 81.4 Å². The SMILES string of the molecule is Cc1cc(C)c(C(=O)P2(=O)c3ccccc3-c3ccccc32)c(C)c1. The van der Waals surface area contributed by atoms with Gasteiger partial charge < -0.3 is 4.57 Å². The molecule has 0 spiro atoms. The van der Waals surface area contributed by atoms with Crippen LogP contribution in [0.4, 0.5) is 0 Å². The van der Waals surface area contributed by atoms with Gasteiger partial charge in [0.05, 0.1) is 0 Å². The van der Waals surface area contributed by atoms with Crippen LogP contribution in [0.25, 0.3) is 11.1 Å². The van der Waals surface area contributed by atoms with E-state index >= 15 is 0 Å². The van der Waals surface area contributed by atoms with Crippen LogP contribution in [0.5, 0.6) is 0 Å². The molecule has 0 saturated carbocycles. The molecule has 25 heavy (non-hydrogen) atoms. The third-order valence-electron chi connectivity index (χ3n) is 4.95. The van der Waals surface area contributed by atoms with Gasteiger partial charge >= 0.3 is 0 Å². The lowest BCUT2D eigenvalue weighted by Crippen LogP contribution is -2.19. The molecule has 3 aromatic carbocycles. The Balaban J connectivity index is 2.03. The maximum atomic E-state index is 14.2. The van der Waals surface area contributed by atoms with Gasteiger partial charge in [0.25, 0.3) is 0 Å². The Morgan fingerprint density at radius 1 is 0.760 bits per heavy atom. The van der Waals surface area contributed by atoms with E-state index in [2.05, 4.69) is 0 Å². The molecule has 3 heteroatoms. The number of fused-ring (bicyclic) bond motifs is 3. The van der Waals surface area contributed by atoms with E-state index in [-0.39, 0.29) is 5.52 Å². The lowest BCUT2D eigenvalue weighted by atomic mass is 10.0. The number of carbonyl (C=O) groups excluding carboxylic acids is 1. The summed E-state index contributed by atoms with van der Waals surface area (Å²) in [5.74, 6) is 0. The lowest BCUT2D eigenvalue weighted by Gasteiger charge is -2.17. The van der Waals surface area contributed by atoms with Crippen molar-refractivity contribution in [1.82, 2.24) is 0 Å². The molecule has 124 valence electrons. The van der Waals surface area contributed by atoms with Gasteiger partial charge in [-0.1, -0.05) is 66.2 Å². The number of aryl methyl sites for hydroxylation is 3. The van der Waals surface area contributed by atoms with Gasteiger partial charge in [-0.15, -0.1) is 0 Å². The van der Waals surface area contributed by atoms with Gasteiger partial charge in [-0.05, 0) is 43.0 Å². The zero-order valence-electron chi connectivity index (χ0n) is 14.5. The molecule has 0 bridgehead atoms. The summed E-state index contributed by atoms with van der Waals surface area (Å²) in [6, 6.07) is 19.1. The molecule has 4 rings (SSSR count). The number of hydrogen-bond acceptors (Lipinski definition) is 2. The van der Waals surface area contributed by atoms with Crippen LogP contribution in [0, 0.1) is 20.8 Å². The normalized spacial score (nSPS) is 14.0. The fourth-order valence-electron chi connectivity index (χ4n) is 3.98. The Hall–Kier alpha value is -2.44. The zero-order valence-corrected chi connectivity index (χ0v) is 15.4. The molecule has 0 atom stereocenters. The number of hydrogen-bond donors (Lipinski definition) is 0. The summed E-state index contributed by atoms with van der Waals surface area (Å²) >= 11 is 0. The fourth-order valence-corrected chi connectivity index (χ4v) is 7.00. The van der Waals surface area contributed by atoms with Gasteiger partial charge in [-0.2, -0.15) is 0 Å². The first-order chi connectivity index (χ1) is 11.9. The second kappa shape index (κ2) is 5.54. The van der Waals surface area contributed by atoms with Crippen molar-refractivity contribution in [2.24, 2.45) is 0 Å². The summed E-state index contributed by atoms with van der Waals surface area (Å²) in [5.41, 5.74) is 5.06. The maximum Gasteiger partial charge on any atom is 0.230 e. The van der Waals surface area contributed by atoms with Crippen molar-refractivity contribution in [3.05, 3.63) is 82.9 Å². The highest BCUT2D eigenvalue weighted by Crippen LogP contribution is 2.55. The summed E-state index contributed by atoms with van der Waals surface area (Å²) in [6.45, 7) is 5.86. The predicted molar refractivity (Wildman–Crippen MR) is 104 cm³/mol. The van der Waals surface area contributed by atoms with E-state index in [1.165, 1.54) is 0 Å². The van der Waals surface area contributed by atoms with Crippen LogP contribution in [0.1, 0.15) is 27.0 Å². The largest absolute Gasteiger partial charge is 0.305 e. The van der Waals surface area contributed by atoms with E-state index in [0.29, 0.717) is 16.2 Å². The number of rotatable bonds is 2. The number of carbonyl (C=O) groups is 1. The first kappa shape index (κ1) is 16.1. The van der Waals surface area contributed by atoms with Gasteiger partial charge in [0, 0.05) is 16.2 Å². The Kier molecular flexibility index (Phi) is 3.56. The molecule has 0 unspecified atom stereocenters. The smallest absolute Gasteiger partial charge is 0.230 e. The third kappa shape index (κ3) is 2.18. The Labute approximate surface area is 147 Å². The van der Waals surface area contributed by atoms with Crippen LogP contribution in [-0.2, 0) is 4.57 Å². The summed E-state index contributed by atoms with van der Waals surface area (Å²) < 4.78 is 14.2. The highest BCUT2D eigenvalue weighted by Gasteiger charge is 2.45. The quantitative estimate of drug-likeness (QED) is 0.628. The standard InChI is InChI=1S/C22H19O2P/c1-14-12-15(2)21(16(3)13-14)22(23)25(24)19-10-6-4-8-17(19)18-9-5-7-11-20(18)25/h4-13H,1-3H3. The molecule has 0 N–H and O–H groups in total. The molecule has 0 aliphatic carbocycles. The van der Waals surface area contributed by atoms with Gasteiger partial charge in [0.15, 0.2) is 0 Å². The van der Waals surface area contributed by atoms with E-state index in [1.54, 1.807) is 0 Å². The van der Waals surface area contributed by atoms with Crippen molar-refractivity contribution in [1.29, 1.82) is 0 Å². The fraction of sp³-hybridized carbons (Fsp3) is 0.136. The van der Waals surface area contributed by atoms with Crippen molar-refractivity contribution in [3.63, 3.8) is 0 Å². The Morgan fingerprint density at radius 2 is 1.20 bits per heavy atom. The molecule has 0 aromatic heterocycles. The molecule has 2 nitrogen and oxygen atoms in total. The second-order valence-corrected chi connectivity index (χ2v) is 9.31. The minimum atomic E-state index is -3.37. The third-order valence-corrected chi connectivity index (χ3v) is 7.89. The molecule has 1 aliphatic rings. The monoisotopic (exact) mass is 346 g/mol. The van der Waals surface area contributed by atoms with E-state index in [0.717, 1.165) is 27.8 Å². The average molecular weight is 346 g/mol. The highest BCUT2D eigenvalue weighted by molar-refractivity contribution is 7.94. The molecule has 0 saturated heterocycles. The molecule has 1 heterocycles. The summed E-state index contributed by atoms with van der Waals surface area (Å²) in [4.78, 5) is 13.6. The maximum absolute atomic E-state index is 14.2. The van der Waals surface area contributed by atoms with Gasteiger partial charge in [0.1, 0.15) is 0 Å². The first-order valence-electron chi connectivity index (χ1n) is 8.37. The van der Waals surface area contributed by atoms with Crippen LogP contribution in [0.3, 0.4) is 0 Å². The molecule has 0 amide bonds. The predicted octanol–water partition coefficient (Wildman–Crippen LogP) is 4.75. The van der Waals surface area contributed by atoms with Crippen molar-refractivity contribution in [2.45, 2.75) is 20.8 Å². The van der Waals surface area contributed by atoms with Crippen LogP contribution in [0.15, 0.2) is 60.7 Å². The molecule has 3 aromatic rings.